The number of fused-ring (bicyclic) bond motifs is 3. The fourth-order valence-corrected chi connectivity index (χ4v) is 3.08. The Bertz CT molecular complexity index is 981. The van der Waals surface area contributed by atoms with Crippen LogP contribution in [0.15, 0.2) is 28.8 Å². The molecular weight excluding hydrogens is 344 g/mol. The summed E-state index contributed by atoms with van der Waals surface area (Å²) >= 11 is 6.14. The lowest BCUT2D eigenvalue weighted by Crippen LogP contribution is -2.24. The summed E-state index contributed by atoms with van der Waals surface area (Å²) in [4.78, 5) is 11.1. The van der Waals surface area contributed by atoms with Crippen molar-refractivity contribution < 1.29 is 27.9 Å². The van der Waals surface area contributed by atoms with Crippen LogP contribution in [-0.4, -0.2) is 22.3 Å². The molecule has 1 unspecified atom stereocenters. The first-order chi connectivity index (χ1) is 11.5. The van der Waals surface area contributed by atoms with E-state index in [1.807, 2.05) is 0 Å². The van der Waals surface area contributed by atoms with Crippen molar-refractivity contribution in [3.8, 4) is 17.0 Å². The molecule has 8 heteroatoms. The molecule has 2 aromatic carbocycles. The lowest BCUT2D eigenvalue weighted by molar-refractivity contribution is -0.144. The number of carboxylic acid groups (broad SMARTS) is 1. The van der Waals surface area contributed by atoms with Crippen LogP contribution in [0.2, 0.25) is 5.02 Å². The van der Waals surface area contributed by atoms with E-state index in [0.717, 1.165) is 12.1 Å². The van der Waals surface area contributed by atoms with Crippen molar-refractivity contribution >= 4 is 28.5 Å². The van der Waals surface area contributed by atoms with E-state index in [2.05, 4.69) is 5.16 Å². The first kappa shape index (κ1) is 14.9. The van der Waals surface area contributed by atoms with E-state index in [9.17, 15) is 13.6 Å². The standard InChI is InChI=1S/C16H8ClF2NO4/c17-8-4-6-13(12-9(18)2-1-3-10(12)19)20-24-14(6)7-5-11(16(21)22)23-15(7)8/h1-4,11H,5H2,(H,21,22). The summed E-state index contributed by atoms with van der Waals surface area (Å²) < 4.78 is 38.6. The predicted molar refractivity (Wildman–Crippen MR) is 80.1 cm³/mol. The van der Waals surface area contributed by atoms with Gasteiger partial charge in [0.1, 0.15) is 23.1 Å². The number of carbonyl (C=O) groups is 1. The highest BCUT2D eigenvalue weighted by Crippen LogP contribution is 2.44. The van der Waals surface area contributed by atoms with E-state index in [0.29, 0.717) is 5.56 Å². The molecule has 5 nitrogen and oxygen atoms in total. The zero-order valence-electron chi connectivity index (χ0n) is 11.8. The maximum Gasteiger partial charge on any atom is 0.345 e. The Morgan fingerprint density at radius 3 is 2.71 bits per heavy atom. The Balaban J connectivity index is 1.96. The van der Waals surface area contributed by atoms with Crippen molar-refractivity contribution in [2.24, 2.45) is 0 Å². The summed E-state index contributed by atoms with van der Waals surface area (Å²) in [5, 5.41) is 13.3. The molecule has 122 valence electrons. The van der Waals surface area contributed by atoms with Crippen molar-refractivity contribution in [3.63, 3.8) is 0 Å². The molecule has 0 fully saturated rings. The molecule has 0 amide bonds. The molecule has 0 spiro atoms. The number of halogens is 3. The number of carboxylic acids is 1. The Kier molecular flexibility index (Phi) is 3.21. The quantitative estimate of drug-likeness (QED) is 0.760. The van der Waals surface area contributed by atoms with Gasteiger partial charge in [0.05, 0.1) is 16.0 Å². The SMILES string of the molecule is O=C(O)C1Cc2c(c(Cl)cc3c(-c4c(F)cccc4F)noc23)O1. The third-order valence-corrected chi connectivity index (χ3v) is 4.17. The van der Waals surface area contributed by atoms with Gasteiger partial charge >= 0.3 is 5.97 Å². The Morgan fingerprint density at radius 2 is 2.04 bits per heavy atom. The lowest BCUT2D eigenvalue weighted by atomic mass is 10.0. The maximum atomic E-state index is 14.0. The minimum atomic E-state index is -1.14. The zero-order valence-corrected chi connectivity index (χ0v) is 12.6. The molecule has 0 aliphatic carbocycles. The van der Waals surface area contributed by atoms with Crippen LogP contribution in [0.1, 0.15) is 5.56 Å². The van der Waals surface area contributed by atoms with Gasteiger partial charge in [0.2, 0.25) is 0 Å². The summed E-state index contributed by atoms with van der Waals surface area (Å²) in [5.74, 6) is -2.54. The van der Waals surface area contributed by atoms with Gasteiger partial charge in [0.15, 0.2) is 11.7 Å². The maximum absolute atomic E-state index is 14.0. The first-order valence-electron chi connectivity index (χ1n) is 6.92. The van der Waals surface area contributed by atoms with Crippen LogP contribution < -0.4 is 4.74 Å². The van der Waals surface area contributed by atoms with E-state index >= 15 is 0 Å². The number of hydrogen-bond acceptors (Lipinski definition) is 4. The number of aliphatic carboxylic acids is 1. The molecule has 1 aliphatic rings. The van der Waals surface area contributed by atoms with E-state index < -0.39 is 23.7 Å². The molecule has 1 aromatic heterocycles. The topological polar surface area (TPSA) is 72.6 Å². The molecular formula is C16H8ClF2NO4. The minimum Gasteiger partial charge on any atom is -0.478 e. The average Bonchev–Trinajstić information content (AvgIpc) is 3.12. The zero-order chi connectivity index (χ0) is 17.0. The summed E-state index contributed by atoms with van der Waals surface area (Å²) in [6, 6.07) is 4.86. The number of rotatable bonds is 2. The molecule has 0 radical (unpaired) electrons. The van der Waals surface area contributed by atoms with Crippen LogP contribution in [0.25, 0.3) is 22.2 Å². The van der Waals surface area contributed by atoms with Gasteiger partial charge in [0.25, 0.3) is 0 Å². The van der Waals surface area contributed by atoms with Gasteiger partial charge in [-0.3, -0.25) is 0 Å². The highest BCUT2D eigenvalue weighted by molar-refractivity contribution is 6.33. The second kappa shape index (κ2) is 5.17. The second-order valence-electron chi connectivity index (χ2n) is 5.32. The van der Waals surface area contributed by atoms with Crippen molar-refractivity contribution in [3.05, 3.63) is 46.5 Å². The predicted octanol–water partition coefficient (Wildman–Crippen LogP) is 3.81. The van der Waals surface area contributed by atoms with E-state index in [4.69, 9.17) is 26.0 Å². The number of ether oxygens (including phenoxy) is 1. The molecule has 1 aliphatic heterocycles. The van der Waals surface area contributed by atoms with Crippen LogP contribution in [0.5, 0.6) is 5.75 Å². The molecule has 0 saturated carbocycles. The van der Waals surface area contributed by atoms with Gasteiger partial charge in [-0.2, -0.15) is 0 Å². The number of benzene rings is 2. The van der Waals surface area contributed by atoms with E-state index in [1.54, 1.807) is 0 Å². The molecule has 4 rings (SSSR count). The number of aromatic nitrogens is 1. The second-order valence-corrected chi connectivity index (χ2v) is 5.73. The number of hydrogen-bond donors (Lipinski definition) is 1. The van der Waals surface area contributed by atoms with Crippen LogP contribution in [0.4, 0.5) is 8.78 Å². The van der Waals surface area contributed by atoms with Crippen molar-refractivity contribution in [2.75, 3.05) is 0 Å². The minimum absolute atomic E-state index is 0.0239. The summed E-state index contributed by atoms with van der Waals surface area (Å²) in [7, 11) is 0. The molecule has 1 atom stereocenters. The van der Waals surface area contributed by atoms with Crippen molar-refractivity contribution in [1.82, 2.24) is 5.16 Å². The van der Waals surface area contributed by atoms with E-state index in [-0.39, 0.29) is 39.4 Å². The smallest absolute Gasteiger partial charge is 0.345 e. The van der Waals surface area contributed by atoms with Gasteiger partial charge < -0.3 is 14.4 Å². The lowest BCUT2D eigenvalue weighted by Gasteiger charge is -2.05. The monoisotopic (exact) mass is 351 g/mol. The van der Waals surface area contributed by atoms with Gasteiger partial charge in [-0.15, -0.1) is 0 Å². The Hall–Kier alpha value is -2.67. The third kappa shape index (κ3) is 2.05. The van der Waals surface area contributed by atoms with E-state index in [1.165, 1.54) is 12.1 Å². The highest BCUT2D eigenvalue weighted by atomic mass is 35.5. The molecule has 3 aromatic rings. The fourth-order valence-electron chi connectivity index (χ4n) is 2.81. The van der Waals surface area contributed by atoms with Crippen LogP contribution in [0, 0.1) is 11.6 Å². The summed E-state index contributed by atoms with van der Waals surface area (Å²) in [6.45, 7) is 0. The molecule has 24 heavy (non-hydrogen) atoms. The Labute approximate surface area is 138 Å². The van der Waals surface area contributed by atoms with Gasteiger partial charge in [-0.05, 0) is 18.2 Å². The Morgan fingerprint density at radius 1 is 1.33 bits per heavy atom. The highest BCUT2D eigenvalue weighted by Gasteiger charge is 2.35. The van der Waals surface area contributed by atoms with Crippen molar-refractivity contribution in [1.29, 1.82) is 0 Å². The van der Waals surface area contributed by atoms with Crippen LogP contribution >= 0.6 is 11.6 Å². The normalized spacial score (nSPS) is 16.2. The fraction of sp³-hybridized carbons (Fsp3) is 0.125. The third-order valence-electron chi connectivity index (χ3n) is 3.89. The summed E-state index contributed by atoms with van der Waals surface area (Å²) in [6.07, 6.45) is -1.07. The summed E-state index contributed by atoms with van der Waals surface area (Å²) in [5.41, 5.74) is 0.251. The van der Waals surface area contributed by atoms with Gasteiger partial charge in [-0.1, -0.05) is 22.8 Å². The molecule has 1 N–H and O–H groups in total. The first-order valence-corrected chi connectivity index (χ1v) is 7.29. The van der Waals surface area contributed by atoms with Gasteiger partial charge in [-0.25, -0.2) is 13.6 Å². The van der Waals surface area contributed by atoms with Crippen LogP contribution in [0.3, 0.4) is 0 Å². The molecule has 2 heterocycles. The molecule has 0 saturated heterocycles. The van der Waals surface area contributed by atoms with Gasteiger partial charge in [0, 0.05) is 12.0 Å². The van der Waals surface area contributed by atoms with Crippen molar-refractivity contribution in [2.45, 2.75) is 12.5 Å². The largest absolute Gasteiger partial charge is 0.478 e. The van der Waals surface area contributed by atoms with Crippen LogP contribution in [-0.2, 0) is 11.2 Å². The number of nitrogens with zero attached hydrogens (tertiary/aromatic N) is 1. The molecule has 0 bridgehead atoms. The average molecular weight is 352 g/mol.